The number of para-hydroxylation sites is 4. The van der Waals surface area contributed by atoms with Gasteiger partial charge in [0.25, 0.3) is 0 Å². The van der Waals surface area contributed by atoms with Crippen LogP contribution in [0.25, 0.3) is 97.8 Å². The molecule has 0 amide bonds. The van der Waals surface area contributed by atoms with Crippen LogP contribution < -0.4 is 0 Å². The van der Waals surface area contributed by atoms with E-state index in [4.69, 9.17) is 26.4 Å². The van der Waals surface area contributed by atoms with Crippen molar-refractivity contribution < 1.29 is 13.3 Å². The minimum atomic E-state index is 0.582. The molecule has 0 aliphatic carbocycles. The van der Waals surface area contributed by atoms with Crippen molar-refractivity contribution in [3.8, 4) is 22.3 Å². The van der Waals surface area contributed by atoms with E-state index in [0.29, 0.717) is 11.4 Å². The van der Waals surface area contributed by atoms with Crippen molar-refractivity contribution in [3.63, 3.8) is 0 Å². The molecule has 0 fully saturated rings. The summed E-state index contributed by atoms with van der Waals surface area (Å²) < 4.78 is 19.5. The second-order valence-electron chi connectivity index (χ2n) is 10.6. The quantitative estimate of drug-likeness (QED) is 0.201. The van der Waals surface area contributed by atoms with Crippen LogP contribution in [0.4, 0.5) is 11.4 Å². The normalized spacial score (nSPS) is 11.7. The molecule has 0 saturated heterocycles. The Morgan fingerprint density at radius 2 is 0.721 bits per heavy atom. The van der Waals surface area contributed by atoms with E-state index in [1.54, 1.807) is 12.1 Å². The number of fused-ring (bicyclic) bond motifs is 9. The number of hydrogen-bond donors (Lipinski definition) is 0. The Balaban J connectivity index is 1.30. The van der Waals surface area contributed by atoms with Gasteiger partial charge >= 0.3 is 0 Å². The average molecular weight is 551 g/mol. The molecule has 43 heavy (non-hydrogen) atoms. The summed E-state index contributed by atoms with van der Waals surface area (Å²) in [5.74, 6) is 0. The number of nitrogens with zero attached hydrogens (tertiary/aromatic N) is 2. The van der Waals surface area contributed by atoms with Crippen molar-refractivity contribution in [3.05, 3.63) is 132 Å². The second-order valence-corrected chi connectivity index (χ2v) is 10.6. The lowest BCUT2D eigenvalue weighted by atomic mass is 9.98. The van der Waals surface area contributed by atoms with Crippen molar-refractivity contribution in [2.45, 2.75) is 0 Å². The lowest BCUT2D eigenvalue weighted by molar-refractivity contribution is 0.663. The highest BCUT2D eigenvalue weighted by Gasteiger charge is 2.21. The van der Waals surface area contributed by atoms with Crippen LogP contribution in [-0.4, -0.2) is 0 Å². The highest BCUT2D eigenvalue weighted by Crippen LogP contribution is 2.45. The van der Waals surface area contributed by atoms with Gasteiger partial charge in [-0.2, -0.15) is 0 Å². The lowest BCUT2D eigenvalue weighted by Gasteiger charge is -2.04. The Morgan fingerprint density at radius 3 is 1.09 bits per heavy atom. The molecule has 9 rings (SSSR count). The predicted octanol–water partition coefficient (Wildman–Crippen LogP) is 11.8. The number of rotatable bonds is 2. The molecule has 3 heterocycles. The van der Waals surface area contributed by atoms with E-state index < -0.39 is 0 Å². The maximum Gasteiger partial charge on any atom is 0.188 e. The zero-order valence-electron chi connectivity index (χ0n) is 22.5. The van der Waals surface area contributed by atoms with Gasteiger partial charge in [0.1, 0.15) is 33.5 Å². The van der Waals surface area contributed by atoms with Gasteiger partial charge in [-0.05, 0) is 24.3 Å². The van der Waals surface area contributed by atoms with E-state index in [0.717, 1.165) is 88.1 Å². The van der Waals surface area contributed by atoms with Gasteiger partial charge in [-0.1, -0.05) is 84.9 Å². The number of hydrogen-bond acceptors (Lipinski definition) is 3. The first-order chi connectivity index (χ1) is 21.2. The van der Waals surface area contributed by atoms with E-state index in [-0.39, 0.29) is 0 Å². The summed E-state index contributed by atoms with van der Waals surface area (Å²) in [7, 11) is 0. The molecule has 5 heteroatoms. The maximum absolute atomic E-state index is 7.43. The Morgan fingerprint density at radius 1 is 0.372 bits per heavy atom. The molecule has 0 aliphatic heterocycles. The Labute approximate surface area is 244 Å². The monoisotopic (exact) mass is 550 g/mol. The first-order valence-electron chi connectivity index (χ1n) is 13.8. The first-order valence-corrected chi connectivity index (χ1v) is 13.8. The first kappa shape index (κ1) is 23.4. The molecule has 0 spiro atoms. The fourth-order valence-electron chi connectivity index (χ4n) is 6.38. The van der Waals surface area contributed by atoms with Crippen LogP contribution in [0.15, 0.2) is 122 Å². The summed E-state index contributed by atoms with van der Waals surface area (Å²) in [6.07, 6.45) is 0. The molecule has 0 atom stereocenters. The van der Waals surface area contributed by atoms with Gasteiger partial charge in [0.15, 0.2) is 11.4 Å². The van der Waals surface area contributed by atoms with Crippen molar-refractivity contribution in [2.24, 2.45) is 0 Å². The van der Waals surface area contributed by atoms with Gasteiger partial charge in [-0.15, -0.1) is 0 Å². The van der Waals surface area contributed by atoms with Gasteiger partial charge in [-0.25, -0.2) is 9.69 Å². The summed E-state index contributed by atoms with van der Waals surface area (Å²) in [5.41, 5.74) is 9.46. The molecule has 0 radical (unpaired) electrons. The van der Waals surface area contributed by atoms with Crippen LogP contribution >= 0.6 is 0 Å². The molecule has 0 bridgehead atoms. The molecule has 0 aliphatic rings. The summed E-state index contributed by atoms with van der Waals surface area (Å²) >= 11 is 0. The average Bonchev–Trinajstić information content (AvgIpc) is 3.75. The third-order valence-corrected chi connectivity index (χ3v) is 8.32. The van der Waals surface area contributed by atoms with Crippen molar-refractivity contribution in [1.29, 1.82) is 0 Å². The smallest absolute Gasteiger partial charge is 0.188 e. The molecule has 0 unspecified atom stereocenters. The van der Waals surface area contributed by atoms with Gasteiger partial charge in [0.05, 0.1) is 13.1 Å². The summed E-state index contributed by atoms with van der Waals surface area (Å²) in [5, 5.41) is 5.79. The topological polar surface area (TPSA) is 48.1 Å². The molecule has 5 nitrogen and oxygen atoms in total. The van der Waals surface area contributed by atoms with Crippen LogP contribution in [0.5, 0.6) is 0 Å². The molecule has 3 aromatic heterocycles. The predicted molar refractivity (Wildman–Crippen MR) is 172 cm³/mol. The molecule has 0 N–H and O–H groups in total. The standard InChI is InChI=1S/C38H18N2O3/c1-39-21-15-17-33-31(19-21)29-13-5-7-23(35(29)41-33)25-9-3-11-27-28-12-4-10-26(38(28)43-37(25)27)24-8-6-14-30-32-20-22(40-2)16-18-34(32)42-36(24)30/h3-20H. The zero-order chi connectivity index (χ0) is 28.7. The van der Waals surface area contributed by atoms with E-state index in [9.17, 15) is 0 Å². The molecule has 9 aromatic rings. The molecule has 6 aromatic carbocycles. The minimum Gasteiger partial charge on any atom is -0.456 e. The lowest BCUT2D eigenvalue weighted by Crippen LogP contribution is -1.80. The van der Waals surface area contributed by atoms with Crippen LogP contribution in [0.2, 0.25) is 0 Å². The maximum atomic E-state index is 7.43. The molecular formula is C38H18N2O3. The summed E-state index contributed by atoms with van der Waals surface area (Å²) in [4.78, 5) is 7.20. The highest BCUT2D eigenvalue weighted by atomic mass is 16.3. The summed E-state index contributed by atoms with van der Waals surface area (Å²) in [6, 6.07) is 35.7. The SMILES string of the molecule is [C-]#[N+]c1ccc2oc3c(-c4cccc5c4oc4c(-c6cccc7c6oc6ccc([N+]#[C-])cc67)cccc45)cccc3c2c1. The van der Waals surface area contributed by atoms with Crippen molar-refractivity contribution in [1.82, 2.24) is 0 Å². The van der Waals surface area contributed by atoms with Crippen LogP contribution in [0.1, 0.15) is 0 Å². The van der Waals surface area contributed by atoms with Gasteiger partial charge in [0, 0.05) is 54.6 Å². The molecular weight excluding hydrogens is 532 g/mol. The van der Waals surface area contributed by atoms with Crippen molar-refractivity contribution in [2.75, 3.05) is 0 Å². The summed E-state index contributed by atoms with van der Waals surface area (Å²) in [6.45, 7) is 14.9. The third kappa shape index (κ3) is 3.25. The Hall–Kier alpha value is -6.30. The van der Waals surface area contributed by atoms with E-state index >= 15 is 0 Å². The largest absolute Gasteiger partial charge is 0.456 e. The Kier molecular flexibility index (Phi) is 4.68. The van der Waals surface area contributed by atoms with E-state index in [1.165, 1.54) is 0 Å². The number of furan rings is 3. The van der Waals surface area contributed by atoms with Crippen molar-refractivity contribution >= 4 is 77.2 Å². The van der Waals surface area contributed by atoms with Crippen LogP contribution in [-0.2, 0) is 0 Å². The second kappa shape index (κ2) is 8.60. The molecule has 0 saturated carbocycles. The van der Waals surface area contributed by atoms with Gasteiger partial charge in [-0.3, -0.25) is 0 Å². The van der Waals surface area contributed by atoms with Gasteiger partial charge in [0.2, 0.25) is 0 Å². The van der Waals surface area contributed by atoms with E-state index in [1.807, 2.05) is 60.7 Å². The number of benzene rings is 6. The van der Waals surface area contributed by atoms with Gasteiger partial charge < -0.3 is 13.3 Å². The minimum absolute atomic E-state index is 0.582. The zero-order valence-corrected chi connectivity index (χ0v) is 22.5. The molecule has 198 valence electrons. The third-order valence-electron chi connectivity index (χ3n) is 8.32. The Bertz CT molecular complexity index is 2520. The fourth-order valence-corrected chi connectivity index (χ4v) is 6.38. The fraction of sp³-hybridized carbons (Fsp3) is 0. The van der Waals surface area contributed by atoms with E-state index in [2.05, 4.69) is 46.1 Å². The van der Waals surface area contributed by atoms with Crippen LogP contribution in [0.3, 0.4) is 0 Å². The van der Waals surface area contributed by atoms with Crippen LogP contribution in [0, 0.1) is 13.1 Å². The highest BCUT2D eigenvalue weighted by molar-refractivity contribution is 6.18.